The molecular weight excluding hydrogens is 526 g/mol. The van der Waals surface area contributed by atoms with E-state index in [1.54, 1.807) is 0 Å². The second-order valence-corrected chi connectivity index (χ2v) is 11.5. The van der Waals surface area contributed by atoms with E-state index in [2.05, 4.69) is 72.8 Å². The first-order valence-electron chi connectivity index (χ1n) is 15.2. The topological polar surface area (TPSA) is 51.8 Å². The number of nitrogens with zero attached hydrogens (tertiary/aromatic N) is 3. The molecule has 0 amide bonds. The number of fused-ring (bicyclic) bond motifs is 3. The quantitative estimate of drug-likeness (QED) is 0.211. The van der Waals surface area contributed by atoms with E-state index >= 15 is 0 Å². The number of aromatic nitrogens is 3. The predicted octanol–water partition coefficient (Wildman–Crippen LogP) is 10.5. The van der Waals surface area contributed by atoms with Gasteiger partial charge < -0.3 is 4.42 Å². The van der Waals surface area contributed by atoms with Crippen LogP contribution in [0, 0.1) is 0 Å². The molecule has 7 aromatic rings. The lowest BCUT2D eigenvalue weighted by atomic mass is 9.83. The molecule has 1 aliphatic rings. The van der Waals surface area contributed by atoms with Gasteiger partial charge in [-0.1, -0.05) is 110 Å². The van der Waals surface area contributed by atoms with Crippen molar-refractivity contribution in [1.29, 1.82) is 0 Å². The van der Waals surface area contributed by atoms with E-state index in [4.69, 9.17) is 19.4 Å². The molecule has 0 atom stereocenters. The van der Waals surface area contributed by atoms with Crippen molar-refractivity contribution in [3.05, 3.63) is 127 Å². The van der Waals surface area contributed by atoms with E-state index < -0.39 is 0 Å². The van der Waals surface area contributed by atoms with Crippen LogP contribution < -0.4 is 0 Å². The van der Waals surface area contributed by atoms with Crippen molar-refractivity contribution in [3.8, 4) is 45.2 Å². The van der Waals surface area contributed by atoms with Gasteiger partial charge in [0.25, 0.3) is 0 Å². The van der Waals surface area contributed by atoms with Crippen molar-refractivity contribution in [2.75, 3.05) is 0 Å². The maximum absolute atomic E-state index is 6.30. The molecule has 4 nitrogen and oxygen atoms in total. The zero-order valence-corrected chi connectivity index (χ0v) is 23.9. The van der Waals surface area contributed by atoms with Gasteiger partial charge in [0, 0.05) is 33.8 Å². The first-order chi connectivity index (χ1) is 21.3. The molecule has 0 unspecified atom stereocenters. The Hall–Kier alpha value is -5.09. The van der Waals surface area contributed by atoms with Crippen LogP contribution in [0.15, 0.2) is 126 Å². The maximum atomic E-state index is 6.30. The summed E-state index contributed by atoms with van der Waals surface area (Å²) >= 11 is 0. The Balaban J connectivity index is 1.21. The zero-order chi connectivity index (χ0) is 28.6. The Bertz CT molecular complexity index is 1980. The zero-order valence-electron chi connectivity index (χ0n) is 23.9. The van der Waals surface area contributed by atoms with Crippen LogP contribution in [0.25, 0.3) is 67.1 Å². The van der Waals surface area contributed by atoms with Gasteiger partial charge in [0.1, 0.15) is 11.2 Å². The highest BCUT2D eigenvalue weighted by molar-refractivity contribution is 6.11. The summed E-state index contributed by atoms with van der Waals surface area (Å²) in [5, 5.41) is 2.24. The van der Waals surface area contributed by atoms with Gasteiger partial charge in [-0.15, -0.1) is 0 Å². The Morgan fingerprint density at radius 3 is 1.93 bits per heavy atom. The number of benzene rings is 4. The van der Waals surface area contributed by atoms with Crippen molar-refractivity contribution in [2.45, 2.75) is 38.0 Å². The van der Waals surface area contributed by atoms with Gasteiger partial charge in [-0.05, 0) is 48.6 Å². The molecule has 0 saturated heterocycles. The summed E-state index contributed by atoms with van der Waals surface area (Å²) in [6.07, 6.45) is 8.38. The lowest BCUT2D eigenvalue weighted by molar-refractivity contribution is 0.444. The van der Waals surface area contributed by atoms with Crippen LogP contribution >= 0.6 is 0 Å². The fraction of sp³-hybridized carbons (Fsp3) is 0.154. The molecule has 1 aliphatic carbocycles. The maximum Gasteiger partial charge on any atom is 0.160 e. The Labute approximate surface area is 251 Å². The molecule has 4 heteroatoms. The van der Waals surface area contributed by atoms with Crippen LogP contribution in [0.3, 0.4) is 0 Å². The molecule has 8 rings (SSSR count). The minimum Gasteiger partial charge on any atom is -0.456 e. The molecule has 1 fully saturated rings. The second-order valence-electron chi connectivity index (χ2n) is 11.5. The third-order valence-corrected chi connectivity index (χ3v) is 8.76. The van der Waals surface area contributed by atoms with E-state index in [1.165, 1.54) is 37.7 Å². The standard InChI is InChI=1S/C39H31N3O/c1-4-10-26(11-5-1)31-20-21-35-32(24-31)37-36(43-35)22-23-40-38(37)29-18-16-28(17-19-29)34-25-33(27-12-6-2-7-13-27)41-39(42-34)30-14-8-3-9-15-30/h2-3,6-9,12-26H,1,4-5,10-11H2. The summed E-state index contributed by atoms with van der Waals surface area (Å²) in [6.45, 7) is 0. The normalized spacial score (nSPS) is 14.0. The Morgan fingerprint density at radius 2 is 1.21 bits per heavy atom. The molecule has 3 aromatic heterocycles. The van der Waals surface area contributed by atoms with E-state index in [1.807, 2.05) is 48.7 Å². The average Bonchev–Trinajstić information content (AvgIpc) is 3.48. The monoisotopic (exact) mass is 557 g/mol. The van der Waals surface area contributed by atoms with E-state index in [-0.39, 0.29) is 0 Å². The average molecular weight is 558 g/mol. The van der Waals surface area contributed by atoms with Gasteiger partial charge in [0.05, 0.1) is 22.5 Å². The van der Waals surface area contributed by atoms with E-state index in [9.17, 15) is 0 Å². The number of rotatable bonds is 5. The van der Waals surface area contributed by atoms with Crippen LogP contribution in [0.5, 0.6) is 0 Å². The molecule has 0 bridgehead atoms. The highest BCUT2D eigenvalue weighted by atomic mass is 16.3. The minimum absolute atomic E-state index is 0.636. The lowest BCUT2D eigenvalue weighted by Crippen LogP contribution is -2.04. The van der Waals surface area contributed by atoms with Gasteiger partial charge in [-0.2, -0.15) is 0 Å². The SMILES string of the molecule is c1ccc(-c2cc(-c3ccc(-c4nccc5oc6ccc(C7CCCCC7)cc6c45)cc3)nc(-c3ccccc3)n2)cc1. The van der Waals surface area contributed by atoms with E-state index in [0.29, 0.717) is 11.7 Å². The molecule has 43 heavy (non-hydrogen) atoms. The fourth-order valence-corrected chi connectivity index (χ4v) is 6.52. The van der Waals surface area contributed by atoms with Crippen molar-refractivity contribution in [2.24, 2.45) is 0 Å². The molecule has 0 radical (unpaired) electrons. The highest BCUT2D eigenvalue weighted by Crippen LogP contribution is 2.39. The number of hydrogen-bond donors (Lipinski definition) is 0. The summed E-state index contributed by atoms with van der Waals surface area (Å²) < 4.78 is 6.30. The Morgan fingerprint density at radius 1 is 0.558 bits per heavy atom. The van der Waals surface area contributed by atoms with Gasteiger partial charge in [0.2, 0.25) is 0 Å². The summed E-state index contributed by atoms with van der Waals surface area (Å²) in [7, 11) is 0. The van der Waals surface area contributed by atoms with Gasteiger partial charge >= 0.3 is 0 Å². The lowest BCUT2D eigenvalue weighted by Gasteiger charge is -2.21. The smallest absolute Gasteiger partial charge is 0.160 e. The van der Waals surface area contributed by atoms with Crippen molar-refractivity contribution >= 4 is 21.9 Å². The largest absolute Gasteiger partial charge is 0.456 e. The molecule has 0 N–H and O–H groups in total. The molecule has 1 saturated carbocycles. The second kappa shape index (κ2) is 11.0. The van der Waals surface area contributed by atoms with Crippen molar-refractivity contribution in [1.82, 2.24) is 15.0 Å². The van der Waals surface area contributed by atoms with E-state index in [0.717, 1.165) is 61.3 Å². The summed E-state index contributed by atoms with van der Waals surface area (Å²) in [4.78, 5) is 14.8. The molecule has 0 spiro atoms. The molecule has 3 heterocycles. The molecule has 0 aliphatic heterocycles. The van der Waals surface area contributed by atoms with Crippen LogP contribution in [-0.4, -0.2) is 15.0 Å². The van der Waals surface area contributed by atoms with Crippen molar-refractivity contribution < 1.29 is 4.42 Å². The molecular formula is C39H31N3O. The van der Waals surface area contributed by atoms with Gasteiger partial charge in [-0.3, -0.25) is 4.98 Å². The number of hydrogen-bond acceptors (Lipinski definition) is 4. The fourth-order valence-electron chi connectivity index (χ4n) is 6.52. The van der Waals surface area contributed by atoms with Crippen LogP contribution in [-0.2, 0) is 0 Å². The van der Waals surface area contributed by atoms with Crippen molar-refractivity contribution in [3.63, 3.8) is 0 Å². The number of furan rings is 1. The Kier molecular flexibility index (Phi) is 6.52. The van der Waals surface area contributed by atoms with Gasteiger partial charge in [-0.25, -0.2) is 9.97 Å². The first-order valence-corrected chi connectivity index (χ1v) is 15.2. The van der Waals surface area contributed by atoms with Crippen LogP contribution in [0.2, 0.25) is 0 Å². The molecule has 4 aromatic carbocycles. The molecule has 208 valence electrons. The minimum atomic E-state index is 0.636. The van der Waals surface area contributed by atoms with Crippen LogP contribution in [0.4, 0.5) is 0 Å². The third kappa shape index (κ3) is 4.89. The summed E-state index contributed by atoms with van der Waals surface area (Å²) in [5.41, 5.74) is 10.1. The summed E-state index contributed by atoms with van der Waals surface area (Å²) in [5.74, 6) is 1.35. The number of pyridine rings is 1. The summed E-state index contributed by atoms with van der Waals surface area (Å²) in [6, 6.07) is 39.8. The van der Waals surface area contributed by atoms with Gasteiger partial charge in [0.15, 0.2) is 5.82 Å². The van der Waals surface area contributed by atoms with Crippen LogP contribution in [0.1, 0.15) is 43.6 Å². The first kappa shape index (κ1) is 25.6. The third-order valence-electron chi connectivity index (χ3n) is 8.76. The highest BCUT2D eigenvalue weighted by Gasteiger charge is 2.19. The predicted molar refractivity (Wildman–Crippen MR) is 175 cm³/mol.